The number of rotatable bonds is 6. The minimum Gasteiger partial charge on any atom is -0.399 e. The smallest absolute Gasteiger partial charge is 0.251 e. The lowest BCUT2D eigenvalue weighted by molar-refractivity contribution is 0.117. The van der Waals surface area contributed by atoms with Gasteiger partial charge in [0.2, 0.25) is 0 Å². The summed E-state index contributed by atoms with van der Waals surface area (Å²) in [5.41, 5.74) is 3.37. The van der Waals surface area contributed by atoms with E-state index in [1.54, 1.807) is 65.3 Å². The highest BCUT2D eigenvalue weighted by Crippen LogP contribution is 2.39. The van der Waals surface area contributed by atoms with Crippen LogP contribution in [0.2, 0.25) is 5.02 Å². The summed E-state index contributed by atoms with van der Waals surface area (Å²) < 4.78 is 3.39. The normalized spacial score (nSPS) is 13.2. The van der Waals surface area contributed by atoms with Gasteiger partial charge in [-0.3, -0.25) is 4.79 Å². The predicted octanol–water partition coefficient (Wildman–Crippen LogP) is 4.86. The first-order valence-corrected chi connectivity index (χ1v) is 12.0. The molecule has 8 heteroatoms. The van der Waals surface area contributed by atoms with Gasteiger partial charge in [0.1, 0.15) is 7.11 Å². The minimum absolute atomic E-state index is 0.134. The van der Waals surface area contributed by atoms with Gasteiger partial charge >= 0.3 is 0 Å². The highest BCUT2D eigenvalue weighted by atomic mass is 35.5. The molecule has 1 unspecified atom stereocenters. The van der Waals surface area contributed by atoms with Gasteiger partial charge in [0.25, 0.3) is 5.56 Å². The maximum atomic E-state index is 12.9. The van der Waals surface area contributed by atoms with Crippen molar-refractivity contribution in [1.29, 1.82) is 0 Å². The van der Waals surface area contributed by atoms with E-state index >= 15 is 0 Å². The lowest BCUT2D eigenvalue weighted by atomic mass is 9.82. The average Bonchev–Trinajstić information content (AvgIpc) is 3.35. The fourth-order valence-electron chi connectivity index (χ4n) is 4.68. The van der Waals surface area contributed by atoms with Gasteiger partial charge in [-0.15, -0.1) is 0 Å². The van der Waals surface area contributed by atoms with Crippen molar-refractivity contribution in [3.63, 3.8) is 0 Å². The highest BCUT2D eigenvalue weighted by Gasteiger charge is 2.37. The molecule has 1 atom stereocenters. The maximum Gasteiger partial charge on any atom is 0.251 e. The molecule has 0 bridgehead atoms. The van der Waals surface area contributed by atoms with Gasteiger partial charge in [0.15, 0.2) is 5.60 Å². The SMILES string of the molecule is CON=Cc1cccc(-c2cc(=O)n(C)c3ccc(C(O)(c4ccc(Cl)cc4)c4cncn4C)cc23)c1. The second kappa shape index (κ2) is 9.69. The van der Waals surface area contributed by atoms with Crippen molar-refractivity contribution in [2.45, 2.75) is 5.60 Å². The molecule has 3 aromatic carbocycles. The van der Waals surface area contributed by atoms with Crippen molar-refractivity contribution < 1.29 is 9.94 Å². The monoisotopic (exact) mass is 512 g/mol. The number of imidazole rings is 1. The zero-order valence-electron chi connectivity index (χ0n) is 20.6. The molecular weight excluding hydrogens is 488 g/mol. The molecule has 0 aliphatic rings. The zero-order valence-corrected chi connectivity index (χ0v) is 21.3. The molecule has 0 aliphatic heterocycles. The molecule has 5 rings (SSSR count). The Kier molecular flexibility index (Phi) is 6.41. The number of aliphatic hydroxyl groups is 1. The summed E-state index contributed by atoms with van der Waals surface area (Å²) in [5.74, 6) is 0. The lowest BCUT2D eigenvalue weighted by Gasteiger charge is -2.30. The molecule has 37 heavy (non-hydrogen) atoms. The fourth-order valence-corrected chi connectivity index (χ4v) is 4.81. The van der Waals surface area contributed by atoms with Gasteiger partial charge in [-0.05, 0) is 58.1 Å². The van der Waals surface area contributed by atoms with Crippen molar-refractivity contribution >= 4 is 28.7 Å². The molecule has 0 fully saturated rings. The number of halogens is 1. The molecule has 1 N–H and O–H groups in total. The third-order valence-electron chi connectivity index (χ3n) is 6.62. The zero-order chi connectivity index (χ0) is 26.2. The Bertz CT molecular complexity index is 1690. The molecule has 0 amide bonds. The first-order valence-electron chi connectivity index (χ1n) is 11.6. The number of pyridine rings is 1. The number of benzene rings is 3. The quantitative estimate of drug-likeness (QED) is 0.260. The van der Waals surface area contributed by atoms with Crippen LogP contribution >= 0.6 is 11.6 Å². The van der Waals surface area contributed by atoms with E-state index < -0.39 is 5.60 Å². The molecule has 0 radical (unpaired) electrons. The van der Waals surface area contributed by atoms with Crippen LogP contribution in [0.25, 0.3) is 22.0 Å². The first kappa shape index (κ1) is 24.5. The van der Waals surface area contributed by atoms with Crippen molar-refractivity contribution in [1.82, 2.24) is 14.1 Å². The highest BCUT2D eigenvalue weighted by molar-refractivity contribution is 6.30. The molecule has 0 saturated carbocycles. The Morgan fingerprint density at radius 3 is 2.49 bits per heavy atom. The second-order valence-corrected chi connectivity index (χ2v) is 9.27. The van der Waals surface area contributed by atoms with Crippen molar-refractivity contribution in [2.24, 2.45) is 19.3 Å². The Labute approximate surface area is 218 Å². The van der Waals surface area contributed by atoms with Crippen molar-refractivity contribution in [3.8, 4) is 11.1 Å². The Balaban J connectivity index is 1.79. The van der Waals surface area contributed by atoms with Crippen molar-refractivity contribution in [2.75, 3.05) is 7.11 Å². The Hall–Kier alpha value is -4.20. The van der Waals surface area contributed by atoms with Crippen LogP contribution in [0.5, 0.6) is 0 Å². The van der Waals surface area contributed by atoms with E-state index in [-0.39, 0.29) is 5.56 Å². The summed E-state index contributed by atoms with van der Waals surface area (Å²) in [4.78, 5) is 22.0. The molecular formula is C29H25ClN4O3. The summed E-state index contributed by atoms with van der Waals surface area (Å²) in [6, 6.07) is 22.1. The van der Waals surface area contributed by atoms with E-state index in [9.17, 15) is 9.90 Å². The number of nitrogens with zero attached hydrogens (tertiary/aromatic N) is 4. The number of aromatic nitrogens is 3. The number of fused-ring (bicyclic) bond motifs is 1. The largest absolute Gasteiger partial charge is 0.399 e. The van der Waals surface area contributed by atoms with E-state index in [1.165, 1.54) is 7.11 Å². The van der Waals surface area contributed by atoms with Crippen molar-refractivity contribution in [3.05, 3.63) is 123 Å². The van der Waals surface area contributed by atoms with Gasteiger partial charge in [-0.1, -0.05) is 53.2 Å². The van der Waals surface area contributed by atoms with Crippen LogP contribution in [-0.2, 0) is 24.5 Å². The Morgan fingerprint density at radius 1 is 1.03 bits per heavy atom. The topological polar surface area (TPSA) is 81.6 Å². The van der Waals surface area contributed by atoms with Crippen LogP contribution in [-0.4, -0.2) is 32.5 Å². The van der Waals surface area contributed by atoms with Crippen LogP contribution in [0.3, 0.4) is 0 Å². The number of hydrogen-bond donors (Lipinski definition) is 1. The summed E-state index contributed by atoms with van der Waals surface area (Å²) in [7, 11) is 5.06. The number of oxime groups is 1. The fraction of sp³-hybridized carbons (Fsp3) is 0.138. The summed E-state index contributed by atoms with van der Waals surface area (Å²) in [6.45, 7) is 0. The third kappa shape index (κ3) is 4.33. The minimum atomic E-state index is -1.52. The predicted molar refractivity (Wildman–Crippen MR) is 146 cm³/mol. The van der Waals surface area contributed by atoms with E-state index in [0.29, 0.717) is 21.8 Å². The van der Waals surface area contributed by atoms with E-state index in [2.05, 4.69) is 10.1 Å². The van der Waals surface area contributed by atoms with E-state index in [4.69, 9.17) is 16.4 Å². The van der Waals surface area contributed by atoms with Crippen LogP contribution in [0, 0.1) is 0 Å². The van der Waals surface area contributed by atoms with Gasteiger partial charge in [-0.25, -0.2) is 4.98 Å². The molecule has 186 valence electrons. The number of hydrogen-bond acceptors (Lipinski definition) is 5. The molecule has 2 aromatic heterocycles. The second-order valence-electron chi connectivity index (χ2n) is 8.84. The molecule has 0 aliphatic carbocycles. The molecule has 0 spiro atoms. The van der Waals surface area contributed by atoms with Gasteiger partial charge in [0.05, 0.1) is 29.9 Å². The van der Waals surface area contributed by atoms with Crippen LogP contribution in [0.1, 0.15) is 22.4 Å². The molecule has 2 heterocycles. The van der Waals surface area contributed by atoms with Crippen LogP contribution in [0.15, 0.2) is 95.3 Å². The standard InChI is InChI=1S/C29H25ClN4O3/c1-33-18-31-17-27(33)29(36,21-7-10-23(30)11-8-21)22-9-12-26-25(14-22)24(15-28(35)34(26)2)20-6-4-5-19(13-20)16-32-37-3/h4-18,36H,1-3H3. The van der Waals surface area contributed by atoms with E-state index in [1.807, 2.05) is 49.5 Å². The molecule has 0 saturated heterocycles. The van der Waals surface area contributed by atoms with Gasteiger partial charge in [-0.2, -0.15) is 0 Å². The lowest BCUT2D eigenvalue weighted by Crippen LogP contribution is -2.31. The first-order chi connectivity index (χ1) is 17.8. The maximum absolute atomic E-state index is 12.9. The van der Waals surface area contributed by atoms with Gasteiger partial charge in [0, 0.05) is 30.6 Å². The van der Waals surface area contributed by atoms with Gasteiger partial charge < -0.3 is 19.1 Å². The average molecular weight is 513 g/mol. The van der Waals surface area contributed by atoms with E-state index in [0.717, 1.165) is 27.6 Å². The molecule has 7 nitrogen and oxygen atoms in total. The Morgan fingerprint density at radius 2 is 1.78 bits per heavy atom. The summed E-state index contributed by atoms with van der Waals surface area (Å²) in [5, 5.41) is 17.6. The third-order valence-corrected chi connectivity index (χ3v) is 6.87. The van der Waals surface area contributed by atoms with Crippen LogP contribution < -0.4 is 5.56 Å². The molecule has 5 aromatic rings. The summed E-state index contributed by atoms with van der Waals surface area (Å²) >= 11 is 6.16. The summed E-state index contributed by atoms with van der Waals surface area (Å²) in [6.07, 6.45) is 4.92. The number of aryl methyl sites for hydroxylation is 2. The van der Waals surface area contributed by atoms with Crippen LogP contribution in [0.4, 0.5) is 0 Å².